The highest BCUT2D eigenvalue weighted by molar-refractivity contribution is 6.12. The molecular formula is C28H33N5O2. The number of fused-ring (bicyclic) bond motifs is 1. The Kier molecular flexibility index (Phi) is 7.17. The predicted octanol–water partition coefficient (Wildman–Crippen LogP) is 4.24. The Morgan fingerprint density at radius 1 is 1.23 bits per heavy atom. The summed E-state index contributed by atoms with van der Waals surface area (Å²) in [6.07, 6.45) is 11.9. The van der Waals surface area contributed by atoms with Gasteiger partial charge in [-0.05, 0) is 87.4 Å². The monoisotopic (exact) mass is 471 g/mol. The van der Waals surface area contributed by atoms with E-state index in [9.17, 15) is 4.79 Å². The molecule has 35 heavy (non-hydrogen) atoms. The molecule has 182 valence electrons. The predicted molar refractivity (Wildman–Crippen MR) is 144 cm³/mol. The van der Waals surface area contributed by atoms with Gasteiger partial charge in [-0.25, -0.2) is 0 Å². The summed E-state index contributed by atoms with van der Waals surface area (Å²) in [6.45, 7) is 6.98. The van der Waals surface area contributed by atoms with Crippen molar-refractivity contribution in [2.24, 2.45) is 5.92 Å². The summed E-state index contributed by atoms with van der Waals surface area (Å²) < 4.78 is 7.33. The first-order valence-corrected chi connectivity index (χ1v) is 12.0. The largest absolute Gasteiger partial charge is 0.478 e. The summed E-state index contributed by atoms with van der Waals surface area (Å²) in [7, 11) is 5.83. The van der Waals surface area contributed by atoms with E-state index >= 15 is 0 Å². The molecule has 0 atom stereocenters. The molecule has 5 rings (SSSR count). The van der Waals surface area contributed by atoms with E-state index in [2.05, 4.69) is 34.9 Å². The van der Waals surface area contributed by atoms with Crippen molar-refractivity contribution in [1.29, 1.82) is 5.41 Å². The molecule has 1 aliphatic heterocycles. The lowest BCUT2D eigenvalue weighted by molar-refractivity contribution is 0.328. The lowest BCUT2D eigenvalue weighted by Gasteiger charge is -2.28. The maximum absolute atomic E-state index is 13.8. The average Bonchev–Trinajstić information content (AvgIpc) is 3.67. The van der Waals surface area contributed by atoms with E-state index in [4.69, 9.17) is 10.1 Å². The fourth-order valence-electron chi connectivity index (χ4n) is 4.30. The van der Waals surface area contributed by atoms with E-state index in [-0.39, 0.29) is 5.56 Å². The normalized spacial score (nSPS) is 17.5. The highest BCUT2D eigenvalue weighted by Crippen LogP contribution is 2.39. The Labute approximate surface area is 206 Å². The molecule has 7 heteroatoms. The molecule has 7 nitrogen and oxygen atoms in total. The average molecular weight is 472 g/mol. The molecule has 0 unspecified atom stereocenters. The topological polar surface area (TPSA) is 83.2 Å². The molecule has 2 aromatic heterocycles. The van der Waals surface area contributed by atoms with Gasteiger partial charge in [0.2, 0.25) is 5.88 Å². The molecule has 0 amide bonds. The van der Waals surface area contributed by atoms with E-state index in [1.54, 1.807) is 22.8 Å². The number of rotatable bonds is 5. The molecule has 0 spiro atoms. The van der Waals surface area contributed by atoms with Crippen LogP contribution < -0.4 is 15.6 Å². The summed E-state index contributed by atoms with van der Waals surface area (Å²) >= 11 is 0. The van der Waals surface area contributed by atoms with E-state index in [1.807, 2.05) is 45.3 Å². The number of nitrogens with zero attached hydrogens (tertiary/aromatic N) is 3. The molecule has 0 bridgehead atoms. The van der Waals surface area contributed by atoms with Crippen LogP contribution in [0.15, 0.2) is 71.2 Å². The summed E-state index contributed by atoms with van der Waals surface area (Å²) in [6, 6.07) is 5.64. The van der Waals surface area contributed by atoms with Crippen LogP contribution >= 0.6 is 0 Å². The third-order valence-corrected chi connectivity index (χ3v) is 6.10. The number of pyridine rings is 2. The minimum absolute atomic E-state index is 0.140. The zero-order valence-corrected chi connectivity index (χ0v) is 20.9. The van der Waals surface area contributed by atoms with Gasteiger partial charge in [0.25, 0.3) is 5.56 Å². The van der Waals surface area contributed by atoms with E-state index in [0.29, 0.717) is 47.4 Å². The second kappa shape index (κ2) is 10.3. The van der Waals surface area contributed by atoms with Crippen molar-refractivity contribution in [2.75, 3.05) is 34.3 Å². The minimum Gasteiger partial charge on any atom is -0.478 e. The van der Waals surface area contributed by atoms with Gasteiger partial charge in [-0.1, -0.05) is 12.7 Å². The first-order chi connectivity index (χ1) is 16.9. The third kappa shape index (κ3) is 5.05. The van der Waals surface area contributed by atoms with Gasteiger partial charge in [0.15, 0.2) is 5.65 Å². The van der Waals surface area contributed by atoms with Gasteiger partial charge in [-0.2, -0.15) is 4.98 Å². The van der Waals surface area contributed by atoms with E-state index < -0.39 is 0 Å². The molecule has 0 aromatic carbocycles. The maximum atomic E-state index is 13.8. The van der Waals surface area contributed by atoms with Crippen molar-refractivity contribution < 1.29 is 4.74 Å². The Balaban J connectivity index is 0.000000917. The molecule has 3 heterocycles. The van der Waals surface area contributed by atoms with Crippen molar-refractivity contribution in [1.82, 2.24) is 19.8 Å². The third-order valence-electron chi connectivity index (χ3n) is 6.10. The number of hydrogen-bond donors (Lipinski definition) is 2. The van der Waals surface area contributed by atoms with Crippen LogP contribution in [0.5, 0.6) is 5.88 Å². The van der Waals surface area contributed by atoms with Crippen molar-refractivity contribution in [3.63, 3.8) is 0 Å². The maximum Gasteiger partial charge on any atom is 0.264 e. The standard InChI is InChI=1S/C26H26N4O2.C2H7N/c1-4-32-24-12-8-19-14-21(18-7-10-22(27)16(2)13-18)26(31)30(25(19)28-24)20-9-11-23(17-5-6-17)29(3)15-20;1-3-2/h7-14,17,27H,2,4-6,15H2,1,3H3;3H,1-2H3. The highest BCUT2D eigenvalue weighted by Gasteiger charge is 2.30. The van der Waals surface area contributed by atoms with E-state index in [1.165, 1.54) is 18.5 Å². The van der Waals surface area contributed by atoms with Crippen molar-refractivity contribution in [3.05, 3.63) is 82.3 Å². The second-order valence-electron chi connectivity index (χ2n) is 8.95. The van der Waals surface area contributed by atoms with Gasteiger partial charge in [-0.15, -0.1) is 0 Å². The zero-order valence-electron chi connectivity index (χ0n) is 20.9. The van der Waals surface area contributed by atoms with Crippen LogP contribution in [0.4, 0.5) is 0 Å². The Bertz CT molecular complexity index is 1360. The summed E-state index contributed by atoms with van der Waals surface area (Å²) in [5.74, 6) is 1.14. The molecule has 1 saturated carbocycles. The van der Waals surface area contributed by atoms with E-state index in [0.717, 1.165) is 16.7 Å². The lowest BCUT2D eigenvalue weighted by atomic mass is 9.96. The van der Waals surface area contributed by atoms with Crippen LogP contribution in [0.25, 0.3) is 22.3 Å². The second-order valence-corrected chi connectivity index (χ2v) is 8.95. The number of ether oxygens (including phenoxy) is 1. The fourth-order valence-corrected chi connectivity index (χ4v) is 4.30. The minimum atomic E-state index is -0.140. The lowest BCUT2D eigenvalue weighted by Crippen LogP contribution is -2.31. The first-order valence-electron chi connectivity index (χ1n) is 12.0. The molecule has 0 saturated heterocycles. The zero-order chi connectivity index (χ0) is 25.1. The quantitative estimate of drug-likeness (QED) is 0.682. The Hall–Kier alpha value is -3.71. The number of hydrogen-bond acceptors (Lipinski definition) is 6. The van der Waals surface area contributed by atoms with Crippen LogP contribution in [0.3, 0.4) is 0 Å². The van der Waals surface area contributed by atoms with Gasteiger partial charge in [0, 0.05) is 35.5 Å². The number of likely N-dealkylation sites (N-methyl/N-ethyl adjacent to an activating group) is 1. The van der Waals surface area contributed by atoms with Crippen molar-refractivity contribution in [3.8, 4) is 5.88 Å². The van der Waals surface area contributed by atoms with Crippen LogP contribution in [0.2, 0.25) is 0 Å². The number of allylic oxidation sites excluding steroid dienone is 8. The molecule has 0 radical (unpaired) electrons. The molecule has 2 N–H and O–H groups in total. The molecule has 2 aromatic rings. The number of aromatic nitrogens is 2. The van der Waals surface area contributed by atoms with Gasteiger partial charge in [-0.3, -0.25) is 9.36 Å². The molecule has 2 aliphatic carbocycles. The van der Waals surface area contributed by atoms with Crippen molar-refractivity contribution in [2.45, 2.75) is 19.8 Å². The van der Waals surface area contributed by atoms with Crippen LogP contribution in [0.1, 0.15) is 25.3 Å². The SMILES string of the molecule is C=C1C=C(c2cc3ccc(OCC)nc3n(C3=CC=C(C4CC4)N(C)C3)c2=O)C=CC1=N.CNC. The molecular weight excluding hydrogens is 438 g/mol. The fraction of sp³-hybridized carbons (Fsp3) is 0.321. The van der Waals surface area contributed by atoms with Gasteiger partial charge >= 0.3 is 0 Å². The smallest absolute Gasteiger partial charge is 0.264 e. The van der Waals surface area contributed by atoms with Crippen LogP contribution in [0, 0.1) is 11.3 Å². The highest BCUT2D eigenvalue weighted by atomic mass is 16.5. The van der Waals surface area contributed by atoms with Crippen LogP contribution in [-0.2, 0) is 0 Å². The molecule has 3 aliphatic rings. The van der Waals surface area contributed by atoms with Gasteiger partial charge in [0.05, 0.1) is 18.9 Å². The summed E-state index contributed by atoms with van der Waals surface area (Å²) in [4.78, 5) is 20.7. The van der Waals surface area contributed by atoms with Crippen LogP contribution in [-0.4, -0.2) is 54.5 Å². The summed E-state index contributed by atoms with van der Waals surface area (Å²) in [5.41, 5.74) is 4.91. The number of nitrogens with one attached hydrogen (secondary N) is 2. The molecule has 1 fully saturated rings. The Morgan fingerprint density at radius 3 is 2.60 bits per heavy atom. The van der Waals surface area contributed by atoms with Gasteiger partial charge < -0.3 is 20.4 Å². The van der Waals surface area contributed by atoms with Gasteiger partial charge in [0.1, 0.15) is 0 Å². The first kappa shape index (κ1) is 24.4. The summed E-state index contributed by atoms with van der Waals surface area (Å²) in [5, 5.41) is 11.5. The van der Waals surface area contributed by atoms with Crippen molar-refractivity contribution >= 4 is 28.0 Å². The Morgan fingerprint density at radius 2 is 1.97 bits per heavy atom.